The molecule has 1 aliphatic rings. The summed E-state index contributed by atoms with van der Waals surface area (Å²) < 4.78 is 11.1. The van der Waals surface area contributed by atoms with Crippen molar-refractivity contribution in [1.82, 2.24) is 10.3 Å². The predicted octanol–water partition coefficient (Wildman–Crippen LogP) is 3.09. The van der Waals surface area contributed by atoms with Gasteiger partial charge in [0.2, 0.25) is 5.88 Å². The van der Waals surface area contributed by atoms with E-state index >= 15 is 0 Å². The molecule has 2 atom stereocenters. The number of methoxy groups -OCH3 is 1. The zero-order valence-corrected chi connectivity index (χ0v) is 12.6. The van der Waals surface area contributed by atoms with E-state index in [9.17, 15) is 0 Å². The van der Waals surface area contributed by atoms with Crippen molar-refractivity contribution in [3.8, 4) is 5.88 Å². The number of hydrogen-bond acceptors (Lipinski definition) is 4. The van der Waals surface area contributed by atoms with Crippen LogP contribution < -0.4 is 10.1 Å². The molecule has 1 N–H and O–H groups in total. The highest BCUT2D eigenvalue weighted by molar-refractivity contribution is 5.28. The number of aromatic nitrogens is 1. The Morgan fingerprint density at radius 1 is 1.55 bits per heavy atom. The Labute approximate surface area is 121 Å². The van der Waals surface area contributed by atoms with Crippen molar-refractivity contribution in [2.45, 2.75) is 51.2 Å². The van der Waals surface area contributed by atoms with Crippen LogP contribution in [0.2, 0.25) is 0 Å². The summed E-state index contributed by atoms with van der Waals surface area (Å²) in [5.74, 6) is 0.730. The fraction of sp³-hybridized carbons (Fsp3) is 0.688. The van der Waals surface area contributed by atoms with Gasteiger partial charge in [0.05, 0.1) is 13.2 Å². The second-order valence-corrected chi connectivity index (χ2v) is 5.32. The molecule has 1 aromatic rings. The van der Waals surface area contributed by atoms with Crippen molar-refractivity contribution >= 4 is 0 Å². The Hall–Kier alpha value is -1.13. The highest BCUT2D eigenvalue weighted by Crippen LogP contribution is 2.28. The Morgan fingerprint density at radius 3 is 3.15 bits per heavy atom. The first-order valence-electron chi connectivity index (χ1n) is 7.69. The lowest BCUT2D eigenvalue weighted by molar-refractivity contribution is 0.0994. The lowest BCUT2D eigenvalue weighted by Gasteiger charge is -2.22. The van der Waals surface area contributed by atoms with Gasteiger partial charge >= 0.3 is 0 Å². The van der Waals surface area contributed by atoms with Crippen LogP contribution in [0.15, 0.2) is 18.3 Å². The van der Waals surface area contributed by atoms with E-state index in [1.54, 1.807) is 13.3 Å². The van der Waals surface area contributed by atoms with Crippen LogP contribution in [0.5, 0.6) is 5.88 Å². The van der Waals surface area contributed by atoms with Crippen LogP contribution in [0.3, 0.4) is 0 Å². The first-order valence-corrected chi connectivity index (χ1v) is 7.69. The largest absolute Gasteiger partial charge is 0.481 e. The standard InChI is InChI=1S/C16H26N2O2/c1-3-10-17-15(9-8-13-6-5-12-20-13)14-7-4-11-18-16(14)19-2/h4,7,11,13,15,17H,3,5-6,8-10,12H2,1-2H3. The minimum atomic E-state index is 0.294. The number of nitrogens with one attached hydrogen (secondary N) is 1. The summed E-state index contributed by atoms with van der Waals surface area (Å²) in [5, 5.41) is 3.61. The Morgan fingerprint density at radius 2 is 2.45 bits per heavy atom. The highest BCUT2D eigenvalue weighted by atomic mass is 16.5. The van der Waals surface area contributed by atoms with Crippen LogP contribution in [0, 0.1) is 0 Å². The summed E-state index contributed by atoms with van der Waals surface area (Å²) >= 11 is 0. The van der Waals surface area contributed by atoms with Gasteiger partial charge in [-0.05, 0) is 44.7 Å². The minimum Gasteiger partial charge on any atom is -0.481 e. The normalized spacial score (nSPS) is 20.0. The number of ether oxygens (including phenoxy) is 2. The SMILES string of the molecule is CCCNC(CCC1CCCO1)c1cccnc1OC. The van der Waals surface area contributed by atoms with E-state index in [4.69, 9.17) is 9.47 Å². The Balaban J connectivity index is 2.01. The molecule has 4 nitrogen and oxygen atoms in total. The van der Waals surface area contributed by atoms with Crippen LogP contribution >= 0.6 is 0 Å². The topological polar surface area (TPSA) is 43.4 Å². The van der Waals surface area contributed by atoms with Gasteiger partial charge in [-0.25, -0.2) is 4.98 Å². The highest BCUT2D eigenvalue weighted by Gasteiger charge is 2.20. The number of nitrogens with zero attached hydrogens (tertiary/aromatic N) is 1. The summed E-state index contributed by atoms with van der Waals surface area (Å²) in [4.78, 5) is 4.31. The van der Waals surface area contributed by atoms with Gasteiger partial charge in [0.25, 0.3) is 0 Å². The van der Waals surface area contributed by atoms with Crippen LogP contribution in [0.4, 0.5) is 0 Å². The molecule has 0 saturated carbocycles. The van der Waals surface area contributed by atoms with Gasteiger partial charge in [0.1, 0.15) is 0 Å². The predicted molar refractivity (Wildman–Crippen MR) is 80.0 cm³/mol. The third-order valence-corrected chi connectivity index (χ3v) is 3.81. The molecule has 0 aromatic carbocycles. The molecule has 0 bridgehead atoms. The van der Waals surface area contributed by atoms with Gasteiger partial charge in [0.15, 0.2) is 0 Å². The molecule has 0 radical (unpaired) electrons. The van der Waals surface area contributed by atoms with Gasteiger partial charge < -0.3 is 14.8 Å². The van der Waals surface area contributed by atoms with Crippen LogP contribution in [0.25, 0.3) is 0 Å². The molecular weight excluding hydrogens is 252 g/mol. The van der Waals surface area contributed by atoms with Crippen molar-refractivity contribution in [2.24, 2.45) is 0 Å². The van der Waals surface area contributed by atoms with Crippen molar-refractivity contribution < 1.29 is 9.47 Å². The maximum atomic E-state index is 5.73. The van der Waals surface area contributed by atoms with Gasteiger partial charge in [0, 0.05) is 24.4 Å². The lowest BCUT2D eigenvalue weighted by atomic mass is 10.00. The van der Waals surface area contributed by atoms with E-state index in [-0.39, 0.29) is 0 Å². The molecule has 1 aromatic heterocycles. The molecule has 1 saturated heterocycles. The number of pyridine rings is 1. The van der Waals surface area contributed by atoms with Crippen molar-refractivity contribution in [3.63, 3.8) is 0 Å². The number of rotatable bonds is 8. The van der Waals surface area contributed by atoms with Crippen molar-refractivity contribution in [3.05, 3.63) is 23.9 Å². The van der Waals surface area contributed by atoms with Crippen LogP contribution in [0.1, 0.15) is 50.6 Å². The first kappa shape index (κ1) is 15.3. The maximum Gasteiger partial charge on any atom is 0.217 e. The molecular formula is C16H26N2O2. The fourth-order valence-electron chi connectivity index (χ4n) is 2.75. The average molecular weight is 278 g/mol. The third-order valence-electron chi connectivity index (χ3n) is 3.81. The molecule has 4 heteroatoms. The second kappa shape index (κ2) is 8.22. The summed E-state index contributed by atoms with van der Waals surface area (Å²) in [6.07, 6.45) is 7.90. The summed E-state index contributed by atoms with van der Waals surface area (Å²) in [5.41, 5.74) is 1.15. The van der Waals surface area contributed by atoms with Gasteiger partial charge in [-0.2, -0.15) is 0 Å². The van der Waals surface area contributed by atoms with Crippen LogP contribution in [-0.4, -0.2) is 31.3 Å². The molecule has 0 spiro atoms. The van der Waals surface area contributed by atoms with E-state index in [1.165, 1.54) is 12.8 Å². The zero-order valence-electron chi connectivity index (χ0n) is 12.6. The van der Waals surface area contributed by atoms with E-state index < -0.39 is 0 Å². The summed E-state index contributed by atoms with van der Waals surface area (Å²) in [6, 6.07) is 4.38. The van der Waals surface area contributed by atoms with Crippen molar-refractivity contribution in [1.29, 1.82) is 0 Å². The van der Waals surface area contributed by atoms with E-state index in [0.717, 1.165) is 43.9 Å². The lowest BCUT2D eigenvalue weighted by Crippen LogP contribution is -2.24. The minimum absolute atomic E-state index is 0.294. The van der Waals surface area contributed by atoms with Gasteiger partial charge in [-0.3, -0.25) is 0 Å². The third kappa shape index (κ3) is 4.18. The monoisotopic (exact) mass is 278 g/mol. The molecule has 0 aliphatic carbocycles. The first-order chi connectivity index (χ1) is 9.85. The average Bonchev–Trinajstić information content (AvgIpc) is 3.01. The number of hydrogen-bond donors (Lipinski definition) is 1. The fourth-order valence-corrected chi connectivity index (χ4v) is 2.75. The molecule has 2 rings (SSSR count). The van der Waals surface area contributed by atoms with E-state index in [2.05, 4.69) is 23.3 Å². The quantitative estimate of drug-likeness (QED) is 0.793. The molecule has 2 heterocycles. The van der Waals surface area contributed by atoms with E-state index in [1.807, 2.05) is 6.07 Å². The summed E-state index contributed by atoms with van der Waals surface area (Å²) in [7, 11) is 1.68. The molecule has 1 fully saturated rings. The maximum absolute atomic E-state index is 5.73. The second-order valence-electron chi connectivity index (χ2n) is 5.32. The Kier molecular flexibility index (Phi) is 6.27. The molecule has 1 aliphatic heterocycles. The zero-order chi connectivity index (χ0) is 14.2. The smallest absolute Gasteiger partial charge is 0.217 e. The summed E-state index contributed by atoms with van der Waals surface area (Å²) in [6.45, 7) is 4.12. The Bertz CT molecular complexity index is 392. The molecule has 0 amide bonds. The molecule has 2 unspecified atom stereocenters. The molecule has 112 valence electrons. The van der Waals surface area contributed by atoms with Gasteiger partial charge in [-0.15, -0.1) is 0 Å². The van der Waals surface area contributed by atoms with Crippen LogP contribution in [-0.2, 0) is 4.74 Å². The van der Waals surface area contributed by atoms with E-state index in [0.29, 0.717) is 12.1 Å². The van der Waals surface area contributed by atoms with Gasteiger partial charge in [-0.1, -0.05) is 13.0 Å². The molecule has 20 heavy (non-hydrogen) atoms. The van der Waals surface area contributed by atoms with Crippen molar-refractivity contribution in [2.75, 3.05) is 20.3 Å².